The van der Waals surface area contributed by atoms with E-state index in [2.05, 4.69) is 27.4 Å². The third-order valence-corrected chi connectivity index (χ3v) is 6.78. The van der Waals surface area contributed by atoms with Crippen LogP contribution < -0.4 is 5.32 Å². The van der Waals surface area contributed by atoms with Crippen molar-refractivity contribution < 1.29 is 4.79 Å². The van der Waals surface area contributed by atoms with Crippen LogP contribution in [0.15, 0.2) is 73.1 Å². The number of carbonyl (C=O) groups is 1. The summed E-state index contributed by atoms with van der Waals surface area (Å²) in [5.74, 6) is -0.0719. The minimum Gasteiger partial charge on any atom is -0.361 e. The Balaban J connectivity index is 1.81. The highest BCUT2D eigenvalue weighted by Gasteiger charge is 2.52. The lowest BCUT2D eigenvalue weighted by molar-refractivity contribution is -0.118. The zero-order chi connectivity index (χ0) is 20.5. The molecule has 3 N–H and O–H groups in total. The molecule has 5 heteroatoms. The van der Waals surface area contributed by atoms with Crippen LogP contribution in [0.4, 0.5) is 5.69 Å². The van der Waals surface area contributed by atoms with Gasteiger partial charge in [-0.1, -0.05) is 54.1 Å². The Hall–Kier alpha value is -3.50. The minimum absolute atomic E-state index is 0.0719. The van der Waals surface area contributed by atoms with Crippen LogP contribution >= 0.6 is 11.6 Å². The van der Waals surface area contributed by atoms with Crippen LogP contribution in [0.5, 0.6) is 0 Å². The van der Waals surface area contributed by atoms with Gasteiger partial charge in [0.05, 0.1) is 5.69 Å². The summed E-state index contributed by atoms with van der Waals surface area (Å²) in [6.07, 6.45) is 3.93. The fraction of sp³-hybridized carbons (Fsp3) is 0.0800. The van der Waals surface area contributed by atoms with Crippen molar-refractivity contribution in [2.45, 2.75) is 12.3 Å². The zero-order valence-electron chi connectivity index (χ0n) is 16.2. The topological polar surface area (TPSA) is 60.7 Å². The highest BCUT2D eigenvalue weighted by atomic mass is 35.5. The van der Waals surface area contributed by atoms with Crippen LogP contribution in [0.1, 0.15) is 22.3 Å². The normalized spacial score (nSPS) is 14.9. The van der Waals surface area contributed by atoms with Gasteiger partial charge in [0.25, 0.3) is 0 Å². The van der Waals surface area contributed by atoms with E-state index in [0.717, 1.165) is 49.7 Å². The fourth-order valence-electron chi connectivity index (χ4n) is 4.93. The largest absolute Gasteiger partial charge is 0.361 e. The maximum atomic E-state index is 13.9. The number of benzene rings is 3. The standard InChI is InChI=1S/C25H18ClN3O/c1-14-20(26)11-10-17-23(14)29-24(30)25(17,18-12-27-21-8-4-2-6-15(18)21)19-13-28-22-9-5-3-7-16(19)22/h2-13,27-28H,1H3,(H,29,30). The first-order valence-electron chi connectivity index (χ1n) is 9.86. The molecule has 0 saturated carbocycles. The van der Waals surface area contributed by atoms with E-state index < -0.39 is 5.41 Å². The molecule has 0 saturated heterocycles. The minimum atomic E-state index is -0.996. The predicted molar refractivity (Wildman–Crippen MR) is 121 cm³/mol. The van der Waals surface area contributed by atoms with Gasteiger partial charge in [-0.05, 0) is 30.7 Å². The molecular formula is C25H18ClN3O. The van der Waals surface area contributed by atoms with Crippen LogP contribution in [0.25, 0.3) is 21.8 Å². The molecule has 0 atom stereocenters. The number of hydrogen-bond donors (Lipinski definition) is 3. The highest BCUT2D eigenvalue weighted by Crippen LogP contribution is 2.52. The molecule has 0 bridgehead atoms. The molecule has 5 aromatic rings. The molecule has 146 valence electrons. The smallest absolute Gasteiger partial charge is 0.244 e. The van der Waals surface area contributed by atoms with Crippen molar-refractivity contribution in [2.24, 2.45) is 0 Å². The molecule has 0 unspecified atom stereocenters. The number of anilines is 1. The van der Waals surface area contributed by atoms with Crippen molar-refractivity contribution in [2.75, 3.05) is 5.32 Å². The molecule has 3 aromatic carbocycles. The van der Waals surface area contributed by atoms with Gasteiger partial charge in [-0.25, -0.2) is 0 Å². The molecule has 1 aliphatic heterocycles. The summed E-state index contributed by atoms with van der Waals surface area (Å²) < 4.78 is 0. The number of para-hydroxylation sites is 2. The van der Waals surface area contributed by atoms with E-state index in [-0.39, 0.29) is 5.91 Å². The van der Waals surface area contributed by atoms with Gasteiger partial charge in [-0.15, -0.1) is 0 Å². The maximum absolute atomic E-state index is 13.9. The number of H-pyrrole nitrogens is 2. The number of nitrogens with one attached hydrogen (secondary N) is 3. The number of amides is 1. The third kappa shape index (κ3) is 2.04. The third-order valence-electron chi connectivity index (χ3n) is 6.37. The second-order valence-electron chi connectivity index (χ2n) is 7.79. The summed E-state index contributed by atoms with van der Waals surface area (Å²) in [5.41, 5.74) is 5.46. The first kappa shape index (κ1) is 17.4. The zero-order valence-corrected chi connectivity index (χ0v) is 17.0. The van der Waals surface area contributed by atoms with Gasteiger partial charge >= 0.3 is 0 Å². The van der Waals surface area contributed by atoms with E-state index in [1.165, 1.54) is 0 Å². The summed E-state index contributed by atoms with van der Waals surface area (Å²) in [5, 5.41) is 5.85. The Morgan fingerprint density at radius 2 is 1.33 bits per heavy atom. The van der Waals surface area contributed by atoms with Crippen molar-refractivity contribution in [1.29, 1.82) is 0 Å². The van der Waals surface area contributed by atoms with Gasteiger partial charge < -0.3 is 15.3 Å². The molecule has 4 nitrogen and oxygen atoms in total. The molecule has 0 aliphatic carbocycles. The summed E-state index contributed by atoms with van der Waals surface area (Å²) >= 11 is 6.41. The summed E-state index contributed by atoms with van der Waals surface area (Å²) in [4.78, 5) is 20.6. The second-order valence-corrected chi connectivity index (χ2v) is 8.20. The van der Waals surface area contributed by atoms with Gasteiger partial charge in [0.2, 0.25) is 5.91 Å². The number of halogens is 1. The van der Waals surface area contributed by atoms with E-state index in [1.54, 1.807) is 0 Å². The van der Waals surface area contributed by atoms with Crippen LogP contribution in [0.3, 0.4) is 0 Å². The van der Waals surface area contributed by atoms with Gasteiger partial charge in [0.1, 0.15) is 5.41 Å². The monoisotopic (exact) mass is 411 g/mol. The lowest BCUT2D eigenvalue weighted by atomic mass is 9.70. The van der Waals surface area contributed by atoms with Gasteiger partial charge in [0, 0.05) is 55.9 Å². The average molecular weight is 412 g/mol. The number of hydrogen-bond acceptors (Lipinski definition) is 1. The number of aromatic amines is 2. The Bertz CT molecular complexity index is 1400. The number of rotatable bonds is 2. The Kier molecular flexibility index (Phi) is 3.47. The number of carbonyl (C=O) groups excluding carboxylic acids is 1. The quantitative estimate of drug-likeness (QED) is 0.333. The average Bonchev–Trinajstić information content (AvgIpc) is 3.45. The highest BCUT2D eigenvalue weighted by molar-refractivity contribution is 6.32. The Labute approximate surface area is 177 Å². The van der Waals surface area contributed by atoms with E-state index in [0.29, 0.717) is 5.02 Å². The molecule has 30 heavy (non-hydrogen) atoms. The predicted octanol–water partition coefficient (Wildman–Crippen LogP) is 5.90. The van der Waals surface area contributed by atoms with Crippen LogP contribution in [-0.2, 0) is 10.2 Å². The molecule has 2 aromatic heterocycles. The van der Waals surface area contributed by atoms with Crippen molar-refractivity contribution in [3.63, 3.8) is 0 Å². The lowest BCUT2D eigenvalue weighted by Gasteiger charge is -2.28. The van der Waals surface area contributed by atoms with E-state index in [9.17, 15) is 4.79 Å². The molecular weight excluding hydrogens is 394 g/mol. The SMILES string of the molecule is Cc1c(Cl)ccc2c1NC(=O)C2(c1c[nH]c2ccccc12)c1c[nH]c2ccccc12. The second kappa shape index (κ2) is 6.00. The lowest BCUT2D eigenvalue weighted by Crippen LogP contribution is -2.36. The molecule has 1 aliphatic rings. The van der Waals surface area contributed by atoms with E-state index in [4.69, 9.17) is 11.6 Å². The van der Waals surface area contributed by atoms with Gasteiger partial charge in [-0.2, -0.15) is 0 Å². The summed E-state index contributed by atoms with van der Waals surface area (Å²) in [6, 6.07) is 20.0. The van der Waals surface area contributed by atoms with Crippen molar-refractivity contribution in [3.05, 3.63) is 100 Å². The Morgan fingerprint density at radius 1 is 0.767 bits per heavy atom. The fourth-order valence-corrected chi connectivity index (χ4v) is 5.09. The summed E-state index contributed by atoms with van der Waals surface area (Å²) in [6.45, 7) is 1.95. The van der Waals surface area contributed by atoms with Crippen LogP contribution in [0.2, 0.25) is 5.02 Å². The van der Waals surface area contributed by atoms with Gasteiger partial charge in [0.15, 0.2) is 0 Å². The molecule has 1 amide bonds. The first-order valence-corrected chi connectivity index (χ1v) is 10.2. The Morgan fingerprint density at radius 3 is 1.93 bits per heavy atom. The van der Waals surface area contributed by atoms with E-state index >= 15 is 0 Å². The van der Waals surface area contributed by atoms with Crippen LogP contribution in [0, 0.1) is 6.92 Å². The molecule has 3 heterocycles. The van der Waals surface area contributed by atoms with Crippen LogP contribution in [-0.4, -0.2) is 15.9 Å². The maximum Gasteiger partial charge on any atom is 0.244 e. The van der Waals surface area contributed by atoms with E-state index in [1.807, 2.05) is 67.8 Å². The molecule has 0 radical (unpaired) electrons. The van der Waals surface area contributed by atoms with Crippen molar-refractivity contribution in [3.8, 4) is 0 Å². The molecule has 0 fully saturated rings. The van der Waals surface area contributed by atoms with Gasteiger partial charge in [-0.3, -0.25) is 4.79 Å². The first-order chi connectivity index (χ1) is 14.6. The molecule has 0 spiro atoms. The number of fused-ring (bicyclic) bond motifs is 3. The number of aromatic nitrogens is 2. The van der Waals surface area contributed by atoms with Crippen molar-refractivity contribution >= 4 is 45.0 Å². The summed E-state index contributed by atoms with van der Waals surface area (Å²) in [7, 11) is 0. The van der Waals surface area contributed by atoms with Crippen molar-refractivity contribution in [1.82, 2.24) is 9.97 Å². The molecule has 6 rings (SSSR count).